The van der Waals surface area contributed by atoms with Crippen LogP contribution < -0.4 is 10.6 Å². The van der Waals surface area contributed by atoms with Crippen LogP contribution in [0.1, 0.15) is 6.42 Å². The molecule has 2 heterocycles. The molecule has 1 aliphatic rings. The average Bonchev–Trinajstić information content (AvgIpc) is 2.69. The van der Waals surface area contributed by atoms with Gasteiger partial charge in [0.25, 0.3) is 0 Å². The van der Waals surface area contributed by atoms with Crippen molar-refractivity contribution in [1.29, 1.82) is 0 Å². The lowest BCUT2D eigenvalue weighted by atomic mass is 10.1. The minimum Gasteiger partial charge on any atom is -0.383 e. The van der Waals surface area contributed by atoms with Crippen molar-refractivity contribution in [2.75, 3.05) is 25.0 Å². The molecule has 1 fully saturated rings. The van der Waals surface area contributed by atoms with Crippen molar-refractivity contribution in [2.45, 2.75) is 6.42 Å². The lowest BCUT2D eigenvalue weighted by Gasteiger charge is -2.11. The van der Waals surface area contributed by atoms with Gasteiger partial charge in [0.15, 0.2) is 0 Å². The number of anilines is 1. The third-order valence-electron chi connectivity index (χ3n) is 2.52. The Balaban J connectivity index is 1.88. The van der Waals surface area contributed by atoms with E-state index in [0.29, 0.717) is 5.02 Å². The molecule has 1 atom stereocenters. The van der Waals surface area contributed by atoms with Crippen molar-refractivity contribution >= 4 is 17.3 Å². The first kappa shape index (κ1) is 9.74. The third-order valence-corrected chi connectivity index (χ3v) is 2.82. The molecule has 0 aromatic carbocycles. The number of halogens is 1. The van der Waals surface area contributed by atoms with Crippen molar-refractivity contribution in [3.8, 4) is 0 Å². The molecule has 1 aromatic rings. The third kappa shape index (κ3) is 2.36. The maximum Gasteiger partial charge on any atom is 0.0820 e. The van der Waals surface area contributed by atoms with Crippen LogP contribution in [-0.2, 0) is 0 Å². The summed E-state index contributed by atoms with van der Waals surface area (Å²) < 4.78 is 0. The largest absolute Gasteiger partial charge is 0.383 e. The number of nitrogens with one attached hydrogen (secondary N) is 2. The molecule has 0 bridgehead atoms. The topological polar surface area (TPSA) is 37.0 Å². The van der Waals surface area contributed by atoms with Gasteiger partial charge in [-0.2, -0.15) is 0 Å². The Kier molecular flexibility index (Phi) is 3.22. The summed E-state index contributed by atoms with van der Waals surface area (Å²) in [4.78, 5) is 3.94. The van der Waals surface area contributed by atoms with Crippen molar-refractivity contribution in [2.24, 2.45) is 5.92 Å². The number of rotatable bonds is 3. The van der Waals surface area contributed by atoms with Gasteiger partial charge in [-0.25, -0.2) is 0 Å². The van der Waals surface area contributed by atoms with Gasteiger partial charge in [0.05, 0.1) is 10.7 Å². The molecule has 0 spiro atoms. The molecule has 3 nitrogen and oxygen atoms in total. The van der Waals surface area contributed by atoms with Gasteiger partial charge in [0.1, 0.15) is 0 Å². The van der Waals surface area contributed by atoms with E-state index in [0.717, 1.165) is 31.2 Å². The molecule has 4 heteroatoms. The Bertz CT molecular complexity index is 297. The van der Waals surface area contributed by atoms with Crippen molar-refractivity contribution in [3.63, 3.8) is 0 Å². The number of pyridine rings is 1. The summed E-state index contributed by atoms with van der Waals surface area (Å²) in [6.45, 7) is 3.23. The number of hydrogen-bond donors (Lipinski definition) is 2. The molecule has 0 amide bonds. The fraction of sp³-hybridized carbons (Fsp3) is 0.500. The lowest BCUT2D eigenvalue weighted by Crippen LogP contribution is -2.17. The monoisotopic (exact) mass is 211 g/mol. The van der Waals surface area contributed by atoms with Crippen LogP contribution in [-0.4, -0.2) is 24.6 Å². The zero-order valence-corrected chi connectivity index (χ0v) is 8.72. The number of hydrogen-bond acceptors (Lipinski definition) is 3. The Morgan fingerprint density at radius 3 is 3.29 bits per heavy atom. The van der Waals surface area contributed by atoms with Crippen LogP contribution >= 0.6 is 11.6 Å². The first-order valence-electron chi connectivity index (χ1n) is 4.90. The Morgan fingerprint density at radius 2 is 2.57 bits per heavy atom. The molecule has 0 saturated carbocycles. The second-order valence-electron chi connectivity index (χ2n) is 3.60. The zero-order valence-electron chi connectivity index (χ0n) is 7.96. The standard InChI is InChI=1S/C10H14ClN3/c11-9-7-13-4-2-10(9)14-6-8-1-3-12-5-8/h2,4,7-8,12H,1,3,5-6H2,(H,13,14). The molecule has 2 rings (SSSR count). The minimum absolute atomic E-state index is 0.693. The quantitative estimate of drug-likeness (QED) is 0.800. The van der Waals surface area contributed by atoms with Crippen LogP contribution in [0.25, 0.3) is 0 Å². The maximum absolute atomic E-state index is 5.97. The van der Waals surface area contributed by atoms with Crippen molar-refractivity contribution in [1.82, 2.24) is 10.3 Å². The fourth-order valence-corrected chi connectivity index (χ4v) is 1.85. The number of aromatic nitrogens is 1. The predicted octanol–water partition coefficient (Wildman–Crippen LogP) is 1.76. The van der Waals surface area contributed by atoms with E-state index in [-0.39, 0.29) is 0 Å². The summed E-state index contributed by atoms with van der Waals surface area (Å²) in [5.74, 6) is 0.722. The molecule has 1 aromatic heterocycles. The molecule has 14 heavy (non-hydrogen) atoms. The smallest absolute Gasteiger partial charge is 0.0820 e. The molecule has 76 valence electrons. The molecule has 0 radical (unpaired) electrons. The highest BCUT2D eigenvalue weighted by Gasteiger charge is 2.13. The zero-order chi connectivity index (χ0) is 9.80. The van der Waals surface area contributed by atoms with Crippen LogP contribution in [0.2, 0.25) is 5.02 Å². The first-order chi connectivity index (χ1) is 6.86. The van der Waals surface area contributed by atoms with Crippen molar-refractivity contribution < 1.29 is 0 Å². The van der Waals surface area contributed by atoms with E-state index in [9.17, 15) is 0 Å². The summed E-state index contributed by atoms with van der Waals surface area (Å²) >= 11 is 5.97. The summed E-state index contributed by atoms with van der Waals surface area (Å²) in [5, 5.41) is 7.37. The molecule has 1 aliphatic heterocycles. The molecular weight excluding hydrogens is 198 g/mol. The van der Waals surface area contributed by atoms with Gasteiger partial charge in [-0.1, -0.05) is 11.6 Å². The molecular formula is C10H14ClN3. The first-order valence-corrected chi connectivity index (χ1v) is 5.28. The van der Waals surface area contributed by atoms with Gasteiger partial charge in [-0.15, -0.1) is 0 Å². The van der Waals surface area contributed by atoms with Crippen LogP contribution in [0.3, 0.4) is 0 Å². The second-order valence-corrected chi connectivity index (χ2v) is 4.00. The molecule has 1 unspecified atom stereocenters. The van der Waals surface area contributed by atoms with Gasteiger partial charge in [-0.05, 0) is 31.5 Å². The van der Waals surface area contributed by atoms with E-state index in [1.165, 1.54) is 6.42 Å². The maximum atomic E-state index is 5.97. The summed E-state index contributed by atoms with van der Waals surface area (Å²) in [5.41, 5.74) is 0.980. The van der Waals surface area contributed by atoms with E-state index < -0.39 is 0 Å². The van der Waals surface area contributed by atoms with E-state index >= 15 is 0 Å². The van der Waals surface area contributed by atoms with E-state index in [2.05, 4.69) is 15.6 Å². The molecule has 1 saturated heterocycles. The summed E-state index contributed by atoms with van der Waals surface area (Å²) in [7, 11) is 0. The van der Waals surface area contributed by atoms with Gasteiger partial charge >= 0.3 is 0 Å². The molecule has 0 aliphatic carbocycles. The van der Waals surface area contributed by atoms with Gasteiger partial charge < -0.3 is 10.6 Å². The minimum atomic E-state index is 0.693. The fourth-order valence-electron chi connectivity index (χ4n) is 1.66. The number of nitrogens with zero attached hydrogens (tertiary/aromatic N) is 1. The highest BCUT2D eigenvalue weighted by Crippen LogP contribution is 2.20. The van der Waals surface area contributed by atoms with E-state index in [4.69, 9.17) is 11.6 Å². The van der Waals surface area contributed by atoms with Crippen molar-refractivity contribution in [3.05, 3.63) is 23.5 Å². The Labute approximate surface area is 88.9 Å². The van der Waals surface area contributed by atoms with Crippen LogP contribution in [0, 0.1) is 5.92 Å². The highest BCUT2D eigenvalue weighted by molar-refractivity contribution is 6.33. The van der Waals surface area contributed by atoms with E-state index in [1.807, 2.05) is 6.07 Å². The Morgan fingerprint density at radius 1 is 1.64 bits per heavy atom. The highest BCUT2D eigenvalue weighted by atomic mass is 35.5. The Hall–Kier alpha value is -0.800. The predicted molar refractivity (Wildman–Crippen MR) is 58.7 cm³/mol. The van der Waals surface area contributed by atoms with Crippen LogP contribution in [0.4, 0.5) is 5.69 Å². The van der Waals surface area contributed by atoms with Crippen LogP contribution in [0.15, 0.2) is 18.5 Å². The SMILES string of the molecule is Clc1cnccc1NCC1CCNC1. The average molecular weight is 212 g/mol. The summed E-state index contributed by atoms with van der Waals surface area (Å²) in [6, 6.07) is 1.91. The van der Waals surface area contributed by atoms with Gasteiger partial charge in [0, 0.05) is 18.9 Å². The molecule has 2 N–H and O–H groups in total. The van der Waals surface area contributed by atoms with Gasteiger partial charge in [0.2, 0.25) is 0 Å². The van der Waals surface area contributed by atoms with E-state index in [1.54, 1.807) is 12.4 Å². The normalized spacial score (nSPS) is 21.1. The second kappa shape index (κ2) is 4.62. The lowest BCUT2D eigenvalue weighted by molar-refractivity contribution is 0.615. The summed E-state index contributed by atoms with van der Waals surface area (Å²) in [6.07, 6.45) is 4.66. The van der Waals surface area contributed by atoms with Gasteiger partial charge in [-0.3, -0.25) is 4.98 Å². The van der Waals surface area contributed by atoms with Crippen LogP contribution in [0.5, 0.6) is 0 Å².